The molecule has 2 amide bonds. The highest BCUT2D eigenvalue weighted by atomic mass is 32.2. The zero-order chi connectivity index (χ0) is 24.2. The second-order valence-corrected chi connectivity index (χ2v) is 9.82. The Hall–Kier alpha value is -3.58. The van der Waals surface area contributed by atoms with E-state index in [1.165, 1.54) is 0 Å². The van der Waals surface area contributed by atoms with Crippen LogP contribution < -0.4 is 0 Å². The number of hydrogen-bond acceptors (Lipinski definition) is 4. The molecule has 0 unspecified atom stereocenters. The van der Waals surface area contributed by atoms with E-state index in [0.717, 1.165) is 39.5 Å². The molecule has 1 aliphatic rings. The number of imidazole rings is 1. The van der Waals surface area contributed by atoms with Crippen molar-refractivity contribution in [2.75, 3.05) is 26.2 Å². The molecule has 7 heteroatoms. The van der Waals surface area contributed by atoms with Crippen molar-refractivity contribution in [3.63, 3.8) is 0 Å². The summed E-state index contributed by atoms with van der Waals surface area (Å²) in [6.07, 6.45) is 0.773. The highest BCUT2D eigenvalue weighted by Gasteiger charge is 2.23. The molecule has 6 nitrogen and oxygen atoms in total. The number of aromatic nitrogens is 2. The number of benzene rings is 3. The van der Waals surface area contributed by atoms with E-state index < -0.39 is 0 Å². The van der Waals surface area contributed by atoms with Gasteiger partial charge < -0.3 is 14.8 Å². The summed E-state index contributed by atoms with van der Waals surface area (Å²) < 4.78 is 0. The van der Waals surface area contributed by atoms with E-state index in [9.17, 15) is 9.59 Å². The van der Waals surface area contributed by atoms with Crippen LogP contribution >= 0.6 is 11.8 Å². The van der Waals surface area contributed by atoms with Crippen molar-refractivity contribution in [1.82, 2.24) is 19.8 Å². The number of carbonyl (C=O) groups excluding carboxylic acids is 2. The molecular weight excluding hydrogens is 456 g/mol. The highest BCUT2D eigenvalue weighted by Crippen LogP contribution is 2.23. The maximum atomic E-state index is 13.1. The molecule has 0 bridgehead atoms. The number of aromatic amines is 1. The van der Waals surface area contributed by atoms with Crippen LogP contribution in [0.2, 0.25) is 0 Å². The monoisotopic (exact) mass is 484 g/mol. The maximum Gasteiger partial charge on any atom is 0.253 e. The molecule has 1 N–H and O–H groups in total. The normalized spacial score (nSPS) is 14.2. The Morgan fingerprint density at radius 3 is 2.29 bits per heavy atom. The van der Waals surface area contributed by atoms with Crippen LogP contribution in [0.4, 0.5) is 0 Å². The molecule has 1 aromatic heterocycles. The van der Waals surface area contributed by atoms with Gasteiger partial charge in [-0.15, -0.1) is 0 Å². The second kappa shape index (κ2) is 10.4. The fourth-order valence-corrected chi connectivity index (χ4v) is 5.20. The molecule has 4 aromatic rings. The second-order valence-electron chi connectivity index (χ2n) is 8.85. The van der Waals surface area contributed by atoms with Crippen LogP contribution in [0.15, 0.2) is 78.0 Å². The van der Waals surface area contributed by atoms with Crippen LogP contribution in [-0.4, -0.2) is 57.8 Å². The minimum atomic E-state index is 0.0198. The predicted octanol–water partition coefficient (Wildman–Crippen LogP) is 5.15. The first-order valence-electron chi connectivity index (χ1n) is 11.9. The third-order valence-electron chi connectivity index (χ3n) is 6.28. The molecule has 0 saturated carbocycles. The third kappa shape index (κ3) is 5.41. The van der Waals surface area contributed by atoms with Gasteiger partial charge in [-0.25, -0.2) is 4.98 Å². The number of H-pyrrole nitrogens is 1. The number of nitrogens with one attached hydrogen (secondary N) is 1. The number of hydrogen-bond donors (Lipinski definition) is 1. The molecule has 0 aliphatic carbocycles. The van der Waals surface area contributed by atoms with Crippen molar-refractivity contribution in [2.45, 2.75) is 24.3 Å². The smallest absolute Gasteiger partial charge is 0.253 e. The summed E-state index contributed by atoms with van der Waals surface area (Å²) in [6, 6.07) is 23.5. The van der Waals surface area contributed by atoms with Crippen molar-refractivity contribution in [2.24, 2.45) is 0 Å². The number of amides is 2. The van der Waals surface area contributed by atoms with Crippen LogP contribution in [0.5, 0.6) is 0 Å². The van der Waals surface area contributed by atoms with E-state index in [0.29, 0.717) is 37.3 Å². The minimum Gasteiger partial charge on any atom is -0.337 e. The summed E-state index contributed by atoms with van der Waals surface area (Å²) in [4.78, 5) is 37.7. The quantitative estimate of drug-likeness (QED) is 0.398. The molecular formula is C28H28N4O2S. The van der Waals surface area contributed by atoms with Gasteiger partial charge in [-0.2, -0.15) is 0 Å². The van der Waals surface area contributed by atoms with Crippen molar-refractivity contribution < 1.29 is 9.59 Å². The predicted molar refractivity (Wildman–Crippen MR) is 140 cm³/mol. The topological polar surface area (TPSA) is 69.3 Å². The van der Waals surface area contributed by atoms with Crippen LogP contribution in [0.1, 0.15) is 38.3 Å². The first-order valence-corrected chi connectivity index (χ1v) is 12.9. The Kier molecular flexibility index (Phi) is 6.86. The average molecular weight is 485 g/mol. The molecule has 3 aromatic carbocycles. The van der Waals surface area contributed by atoms with Gasteiger partial charge in [-0.05, 0) is 55.3 Å². The lowest BCUT2D eigenvalue weighted by Crippen LogP contribution is -2.37. The van der Waals surface area contributed by atoms with E-state index >= 15 is 0 Å². The Bertz CT molecular complexity index is 1320. The lowest BCUT2D eigenvalue weighted by Gasteiger charge is -2.22. The van der Waals surface area contributed by atoms with Gasteiger partial charge in [-0.1, -0.05) is 53.7 Å². The van der Waals surface area contributed by atoms with E-state index in [1.807, 2.05) is 89.5 Å². The van der Waals surface area contributed by atoms with Crippen LogP contribution in [0.25, 0.3) is 11.0 Å². The number of fused-ring (bicyclic) bond motifs is 1. The third-order valence-corrected chi connectivity index (χ3v) is 7.22. The van der Waals surface area contributed by atoms with Gasteiger partial charge in [0.15, 0.2) is 5.16 Å². The van der Waals surface area contributed by atoms with E-state index in [4.69, 9.17) is 0 Å². The minimum absolute atomic E-state index is 0.0198. The van der Waals surface area contributed by atoms with Gasteiger partial charge in [-0.3, -0.25) is 9.59 Å². The molecule has 1 aliphatic heterocycles. The van der Waals surface area contributed by atoms with Crippen molar-refractivity contribution in [3.05, 3.63) is 95.1 Å². The van der Waals surface area contributed by atoms with E-state index in [1.54, 1.807) is 11.8 Å². The summed E-state index contributed by atoms with van der Waals surface area (Å²) >= 11 is 1.65. The summed E-state index contributed by atoms with van der Waals surface area (Å²) in [5, 5.41) is 0.890. The standard InChI is InChI=1S/C28H28N4O2S/c1-20-6-4-7-23(18-20)27(34)32-15-5-14-31(16-17-32)26(33)22-12-10-21(11-13-22)19-35-28-29-24-8-2-3-9-25(24)30-28/h2-4,6-13,18H,5,14-17,19H2,1H3,(H,29,30). The van der Waals surface area contributed by atoms with E-state index in [-0.39, 0.29) is 11.8 Å². The number of para-hydroxylation sites is 2. The van der Waals surface area contributed by atoms with Gasteiger partial charge in [0.1, 0.15) is 0 Å². The Labute approximate surface area is 209 Å². The van der Waals surface area contributed by atoms with Crippen molar-refractivity contribution >= 4 is 34.6 Å². The number of carbonyl (C=O) groups is 2. The fraction of sp³-hybridized carbons (Fsp3) is 0.250. The number of nitrogens with zero attached hydrogens (tertiary/aromatic N) is 3. The van der Waals surface area contributed by atoms with Crippen LogP contribution in [0.3, 0.4) is 0 Å². The van der Waals surface area contributed by atoms with Gasteiger partial charge in [0, 0.05) is 43.1 Å². The van der Waals surface area contributed by atoms with Crippen molar-refractivity contribution in [1.29, 1.82) is 0 Å². The lowest BCUT2D eigenvalue weighted by atomic mass is 10.1. The van der Waals surface area contributed by atoms with Crippen LogP contribution in [0, 0.1) is 6.92 Å². The fourth-order valence-electron chi connectivity index (χ4n) is 4.36. The summed E-state index contributed by atoms with van der Waals surface area (Å²) in [6.45, 7) is 4.39. The number of thioether (sulfide) groups is 1. The van der Waals surface area contributed by atoms with Crippen molar-refractivity contribution in [3.8, 4) is 0 Å². The first-order chi connectivity index (χ1) is 17.1. The zero-order valence-electron chi connectivity index (χ0n) is 19.7. The lowest BCUT2D eigenvalue weighted by molar-refractivity contribution is 0.0718. The summed E-state index contributed by atoms with van der Waals surface area (Å²) in [5.41, 5.74) is 5.60. The number of aryl methyl sites for hydroxylation is 1. The van der Waals surface area contributed by atoms with Gasteiger partial charge >= 0.3 is 0 Å². The van der Waals surface area contributed by atoms with Crippen LogP contribution in [-0.2, 0) is 5.75 Å². The van der Waals surface area contributed by atoms with Gasteiger partial charge in [0.2, 0.25) is 0 Å². The largest absolute Gasteiger partial charge is 0.337 e. The van der Waals surface area contributed by atoms with E-state index in [2.05, 4.69) is 9.97 Å². The molecule has 1 saturated heterocycles. The number of rotatable bonds is 5. The molecule has 2 heterocycles. The average Bonchev–Trinajstić information content (AvgIpc) is 3.14. The Morgan fingerprint density at radius 1 is 0.857 bits per heavy atom. The zero-order valence-corrected chi connectivity index (χ0v) is 20.6. The first kappa shape index (κ1) is 23.2. The molecule has 35 heavy (non-hydrogen) atoms. The molecule has 5 rings (SSSR count). The highest BCUT2D eigenvalue weighted by molar-refractivity contribution is 7.98. The molecule has 178 valence electrons. The Morgan fingerprint density at radius 2 is 1.57 bits per heavy atom. The van der Waals surface area contributed by atoms with Gasteiger partial charge in [0.05, 0.1) is 11.0 Å². The summed E-state index contributed by atoms with van der Waals surface area (Å²) in [7, 11) is 0. The SMILES string of the molecule is Cc1cccc(C(=O)N2CCCN(C(=O)c3ccc(CSc4nc5ccccc5[nH]4)cc3)CC2)c1. The Balaban J connectivity index is 1.17. The molecule has 1 fully saturated rings. The summed E-state index contributed by atoms with van der Waals surface area (Å²) in [5.74, 6) is 0.828. The molecule has 0 spiro atoms. The molecule has 0 radical (unpaired) electrons. The van der Waals surface area contributed by atoms with Gasteiger partial charge in [0.25, 0.3) is 11.8 Å². The maximum absolute atomic E-state index is 13.1. The molecule has 0 atom stereocenters.